The van der Waals surface area contributed by atoms with Gasteiger partial charge < -0.3 is 15.2 Å². The van der Waals surface area contributed by atoms with Crippen molar-refractivity contribution in [2.45, 2.75) is 13.0 Å². The van der Waals surface area contributed by atoms with Gasteiger partial charge in [0.15, 0.2) is 0 Å². The van der Waals surface area contributed by atoms with E-state index in [9.17, 15) is 0 Å². The molecule has 6 nitrogen and oxygen atoms in total. The van der Waals surface area contributed by atoms with E-state index < -0.39 is 0 Å². The normalized spacial score (nSPS) is 15.8. The average molecular weight is 208 g/mol. The fourth-order valence-electron chi connectivity index (χ4n) is 1.16. The summed E-state index contributed by atoms with van der Waals surface area (Å²) in [4.78, 5) is 8.11. The molecule has 1 aliphatic heterocycles. The van der Waals surface area contributed by atoms with Gasteiger partial charge in [-0.2, -0.15) is 4.98 Å². The lowest BCUT2D eigenvalue weighted by Crippen LogP contribution is -2.39. The van der Waals surface area contributed by atoms with E-state index in [-0.39, 0.29) is 18.0 Å². The highest BCUT2D eigenvalue weighted by Crippen LogP contribution is 2.12. The Hall–Kier alpha value is -1.69. The third-order valence-electron chi connectivity index (χ3n) is 1.99. The number of nitrogens with one attached hydrogen (secondary N) is 1. The zero-order valence-electron chi connectivity index (χ0n) is 8.36. The summed E-state index contributed by atoms with van der Waals surface area (Å²) in [6.45, 7) is 2.93. The number of amidine groups is 1. The van der Waals surface area contributed by atoms with Crippen LogP contribution in [0.4, 0.5) is 0 Å². The largest absolute Gasteiger partial charge is 0.455 e. The van der Waals surface area contributed by atoms with Crippen LogP contribution in [0.25, 0.3) is 0 Å². The lowest BCUT2D eigenvalue weighted by atomic mass is 10.3. The molecule has 2 heterocycles. The Labute approximate surface area is 86.9 Å². The van der Waals surface area contributed by atoms with E-state index in [1.807, 2.05) is 0 Å². The van der Waals surface area contributed by atoms with E-state index in [0.29, 0.717) is 18.9 Å². The van der Waals surface area contributed by atoms with E-state index in [1.54, 1.807) is 13.0 Å². The van der Waals surface area contributed by atoms with Crippen LogP contribution >= 0.6 is 0 Å². The Balaban J connectivity index is 2.18. The molecule has 0 aliphatic carbocycles. The number of rotatable bonds is 3. The first-order chi connectivity index (χ1) is 7.15. The summed E-state index contributed by atoms with van der Waals surface area (Å²) in [7, 11) is 0. The third-order valence-corrected chi connectivity index (χ3v) is 1.99. The summed E-state index contributed by atoms with van der Waals surface area (Å²) in [5.74, 6) is -0.0878. The van der Waals surface area contributed by atoms with Crippen molar-refractivity contribution in [2.24, 2.45) is 5.73 Å². The van der Waals surface area contributed by atoms with Crippen molar-refractivity contribution in [3.63, 3.8) is 0 Å². The van der Waals surface area contributed by atoms with Gasteiger partial charge in [-0.1, -0.05) is 0 Å². The lowest BCUT2D eigenvalue weighted by molar-refractivity contribution is -0.0831. The van der Waals surface area contributed by atoms with Crippen molar-refractivity contribution in [3.8, 4) is 6.01 Å². The summed E-state index contributed by atoms with van der Waals surface area (Å²) in [6.07, 6.45) is 0.0200. The highest BCUT2D eigenvalue weighted by molar-refractivity contribution is 5.93. The summed E-state index contributed by atoms with van der Waals surface area (Å²) in [6, 6.07) is 1.90. The van der Waals surface area contributed by atoms with Gasteiger partial charge >= 0.3 is 6.01 Å². The molecule has 0 unspecified atom stereocenters. The monoisotopic (exact) mass is 208 g/mol. The fraction of sp³-hybridized carbons (Fsp3) is 0.444. The van der Waals surface area contributed by atoms with Crippen LogP contribution in [0.5, 0.6) is 6.01 Å². The molecule has 0 saturated carbocycles. The minimum Gasteiger partial charge on any atom is -0.455 e. The maximum absolute atomic E-state index is 7.28. The molecule has 1 fully saturated rings. The molecular weight excluding hydrogens is 196 g/mol. The molecule has 0 spiro atoms. The molecule has 0 amide bonds. The van der Waals surface area contributed by atoms with Crippen LogP contribution in [0.1, 0.15) is 11.4 Å². The Bertz CT molecular complexity index is 390. The molecule has 1 aliphatic rings. The molecule has 1 saturated heterocycles. The first-order valence-corrected chi connectivity index (χ1v) is 4.59. The van der Waals surface area contributed by atoms with Gasteiger partial charge in [-0.15, -0.1) is 0 Å². The smallest absolute Gasteiger partial charge is 0.317 e. The summed E-state index contributed by atoms with van der Waals surface area (Å²) in [5, 5.41) is 7.28. The van der Waals surface area contributed by atoms with Crippen molar-refractivity contribution < 1.29 is 9.47 Å². The number of hydrogen-bond donors (Lipinski definition) is 2. The van der Waals surface area contributed by atoms with Gasteiger partial charge in [0.2, 0.25) is 0 Å². The highest BCUT2D eigenvalue weighted by Gasteiger charge is 2.21. The van der Waals surface area contributed by atoms with Crippen LogP contribution in [-0.2, 0) is 4.74 Å². The maximum Gasteiger partial charge on any atom is 0.317 e. The van der Waals surface area contributed by atoms with E-state index in [2.05, 4.69) is 9.97 Å². The van der Waals surface area contributed by atoms with E-state index in [1.165, 1.54) is 0 Å². The van der Waals surface area contributed by atoms with Crippen LogP contribution < -0.4 is 10.5 Å². The zero-order chi connectivity index (χ0) is 10.8. The van der Waals surface area contributed by atoms with Crippen LogP contribution in [0.15, 0.2) is 6.07 Å². The third kappa shape index (κ3) is 2.21. The van der Waals surface area contributed by atoms with E-state index >= 15 is 0 Å². The van der Waals surface area contributed by atoms with Gasteiger partial charge in [0.25, 0.3) is 0 Å². The zero-order valence-corrected chi connectivity index (χ0v) is 8.36. The van der Waals surface area contributed by atoms with Crippen LogP contribution in [0.3, 0.4) is 0 Å². The molecule has 1 aromatic rings. The number of ether oxygens (including phenoxy) is 2. The molecule has 1 aromatic heterocycles. The van der Waals surface area contributed by atoms with Gasteiger partial charge in [-0.05, 0) is 13.0 Å². The van der Waals surface area contributed by atoms with Gasteiger partial charge in [0, 0.05) is 5.69 Å². The molecular formula is C9H12N4O2. The second-order valence-corrected chi connectivity index (χ2v) is 3.37. The summed E-state index contributed by atoms with van der Waals surface area (Å²) >= 11 is 0. The number of nitrogens with two attached hydrogens (primary N) is 1. The van der Waals surface area contributed by atoms with Crippen molar-refractivity contribution >= 4 is 5.84 Å². The van der Waals surface area contributed by atoms with E-state index in [4.69, 9.17) is 20.6 Å². The Morgan fingerprint density at radius 1 is 1.60 bits per heavy atom. The van der Waals surface area contributed by atoms with Gasteiger partial charge in [0.05, 0.1) is 13.2 Å². The molecule has 0 bridgehead atoms. The van der Waals surface area contributed by atoms with Gasteiger partial charge in [0.1, 0.15) is 17.6 Å². The number of nitrogen functional groups attached to an aromatic ring is 1. The topological polar surface area (TPSA) is 94.1 Å². The van der Waals surface area contributed by atoms with Crippen molar-refractivity contribution in [1.29, 1.82) is 5.41 Å². The maximum atomic E-state index is 7.28. The molecule has 6 heteroatoms. The predicted octanol–water partition coefficient (Wildman–Crippen LogP) is -0.153. The molecule has 3 N–H and O–H groups in total. The second-order valence-electron chi connectivity index (χ2n) is 3.37. The Morgan fingerprint density at radius 2 is 2.33 bits per heavy atom. The van der Waals surface area contributed by atoms with Crippen molar-refractivity contribution in [1.82, 2.24) is 9.97 Å². The Morgan fingerprint density at radius 3 is 2.87 bits per heavy atom. The molecule has 15 heavy (non-hydrogen) atoms. The van der Waals surface area contributed by atoms with Crippen molar-refractivity contribution in [2.75, 3.05) is 13.2 Å². The summed E-state index contributed by atoms with van der Waals surface area (Å²) in [5.41, 5.74) is 6.46. The number of aromatic nitrogens is 2. The highest BCUT2D eigenvalue weighted by atomic mass is 16.6. The number of aryl methyl sites for hydroxylation is 1. The molecule has 0 aromatic carbocycles. The summed E-state index contributed by atoms with van der Waals surface area (Å²) < 4.78 is 10.4. The number of hydrogen-bond acceptors (Lipinski definition) is 5. The number of nitrogens with zero attached hydrogens (tertiary/aromatic N) is 2. The second kappa shape index (κ2) is 3.82. The minimum absolute atomic E-state index is 0.0200. The fourth-order valence-corrected chi connectivity index (χ4v) is 1.16. The molecule has 0 radical (unpaired) electrons. The van der Waals surface area contributed by atoms with E-state index in [0.717, 1.165) is 5.69 Å². The first-order valence-electron chi connectivity index (χ1n) is 4.59. The van der Waals surface area contributed by atoms with Crippen molar-refractivity contribution in [3.05, 3.63) is 17.5 Å². The quantitative estimate of drug-likeness (QED) is 0.532. The first kappa shape index (κ1) is 9.85. The Kier molecular flexibility index (Phi) is 2.51. The average Bonchev–Trinajstić information content (AvgIpc) is 2.10. The van der Waals surface area contributed by atoms with Gasteiger partial charge in [-0.3, -0.25) is 5.41 Å². The molecule has 2 rings (SSSR count). The minimum atomic E-state index is -0.0878. The van der Waals surface area contributed by atoms with Gasteiger partial charge in [-0.25, -0.2) is 4.98 Å². The van der Waals surface area contributed by atoms with Crippen LogP contribution in [0, 0.1) is 12.3 Å². The molecule has 0 atom stereocenters. The molecule has 80 valence electrons. The van der Waals surface area contributed by atoms with Crippen LogP contribution in [0.2, 0.25) is 0 Å². The lowest BCUT2D eigenvalue weighted by Gasteiger charge is -2.25. The predicted molar refractivity (Wildman–Crippen MR) is 53.0 cm³/mol. The SMILES string of the molecule is Cc1cc(C(=N)N)nc(OC2COC2)n1. The standard InChI is InChI=1S/C9H12N4O2/c1-5-2-7(8(10)11)13-9(12-5)15-6-3-14-4-6/h2,6H,3-4H2,1H3,(H3,10,11). The van der Waals surface area contributed by atoms with Crippen LogP contribution in [-0.4, -0.2) is 35.1 Å².